The largest absolute Gasteiger partial charge is 0.481 e. The topological polar surface area (TPSA) is 77.8 Å². The Hall–Kier alpha value is -0.980. The van der Waals surface area contributed by atoms with Gasteiger partial charge in [-0.3, -0.25) is 4.79 Å². The highest BCUT2D eigenvalue weighted by Crippen LogP contribution is 2.21. The van der Waals surface area contributed by atoms with Gasteiger partial charge in [-0.1, -0.05) is 28.1 Å². The van der Waals surface area contributed by atoms with E-state index in [0.29, 0.717) is 0 Å². The molecule has 0 saturated carbocycles. The summed E-state index contributed by atoms with van der Waals surface area (Å²) in [6, 6.07) is 3.73. The zero-order valence-corrected chi connectivity index (χ0v) is 10.4. The minimum absolute atomic E-state index is 0.0433. The first-order chi connectivity index (χ1) is 7.95. The van der Waals surface area contributed by atoms with Crippen molar-refractivity contribution in [3.63, 3.8) is 0 Å². The van der Waals surface area contributed by atoms with E-state index in [9.17, 15) is 19.4 Å². The fourth-order valence-corrected chi connectivity index (χ4v) is 1.71. The van der Waals surface area contributed by atoms with Gasteiger partial charge >= 0.3 is 5.97 Å². The fourth-order valence-electron chi connectivity index (χ4n) is 1.36. The molecular formula is C11H12BrFO4. The predicted octanol–water partition coefficient (Wildman–Crippen LogP) is 1.24. The lowest BCUT2D eigenvalue weighted by Gasteiger charge is -2.16. The van der Waals surface area contributed by atoms with Crippen molar-refractivity contribution in [1.82, 2.24) is 0 Å². The Morgan fingerprint density at radius 1 is 1.41 bits per heavy atom. The number of carboxylic acid groups (broad SMARTS) is 1. The average molecular weight is 307 g/mol. The van der Waals surface area contributed by atoms with Gasteiger partial charge in [0.2, 0.25) is 0 Å². The monoisotopic (exact) mass is 306 g/mol. The number of aliphatic carboxylic acids is 1. The van der Waals surface area contributed by atoms with Gasteiger partial charge < -0.3 is 15.3 Å². The van der Waals surface area contributed by atoms with Crippen LogP contribution in [0, 0.1) is 5.82 Å². The third-order valence-corrected chi connectivity index (χ3v) is 2.95. The second-order valence-electron chi connectivity index (χ2n) is 3.59. The van der Waals surface area contributed by atoms with Gasteiger partial charge in [0.05, 0.1) is 12.5 Å². The first-order valence-electron chi connectivity index (χ1n) is 4.88. The molecule has 0 saturated heterocycles. The molecule has 1 aromatic rings. The predicted molar refractivity (Wildman–Crippen MR) is 62.5 cm³/mol. The highest BCUT2D eigenvalue weighted by atomic mass is 79.9. The van der Waals surface area contributed by atoms with E-state index in [4.69, 9.17) is 5.11 Å². The number of alkyl halides is 1. The molecule has 0 radical (unpaired) electrons. The number of carbonyl (C=O) groups is 1. The molecule has 94 valence electrons. The van der Waals surface area contributed by atoms with Crippen LogP contribution in [0.1, 0.15) is 17.2 Å². The molecule has 4 nitrogen and oxygen atoms in total. The molecule has 3 N–H and O–H groups in total. The number of hydrogen-bond acceptors (Lipinski definition) is 3. The SMILES string of the molecule is O=C(O)Cc1ccc(C(O)C(O)CBr)cc1F. The molecule has 17 heavy (non-hydrogen) atoms. The van der Waals surface area contributed by atoms with Crippen molar-refractivity contribution in [2.24, 2.45) is 0 Å². The molecule has 0 aromatic heterocycles. The lowest BCUT2D eigenvalue weighted by molar-refractivity contribution is -0.136. The van der Waals surface area contributed by atoms with E-state index in [2.05, 4.69) is 15.9 Å². The third-order valence-electron chi connectivity index (χ3n) is 2.28. The van der Waals surface area contributed by atoms with Crippen molar-refractivity contribution in [3.05, 3.63) is 35.1 Å². The van der Waals surface area contributed by atoms with Crippen LogP contribution in [0.2, 0.25) is 0 Å². The first kappa shape index (κ1) is 14.1. The van der Waals surface area contributed by atoms with Crippen LogP contribution in [0.5, 0.6) is 0 Å². The Balaban J connectivity index is 2.92. The summed E-state index contributed by atoms with van der Waals surface area (Å²) >= 11 is 3.00. The van der Waals surface area contributed by atoms with Crippen molar-refractivity contribution < 1.29 is 24.5 Å². The molecule has 1 rings (SSSR count). The number of benzene rings is 1. The van der Waals surface area contributed by atoms with Gasteiger partial charge in [-0.05, 0) is 17.2 Å². The van der Waals surface area contributed by atoms with Crippen LogP contribution in [-0.4, -0.2) is 32.7 Å². The van der Waals surface area contributed by atoms with Crippen LogP contribution in [0.25, 0.3) is 0 Å². The van der Waals surface area contributed by atoms with E-state index >= 15 is 0 Å². The summed E-state index contributed by atoms with van der Waals surface area (Å²) in [7, 11) is 0. The van der Waals surface area contributed by atoms with Crippen LogP contribution in [0.15, 0.2) is 18.2 Å². The maximum atomic E-state index is 13.5. The second kappa shape index (κ2) is 6.09. The van der Waals surface area contributed by atoms with E-state index in [1.807, 2.05) is 0 Å². The summed E-state index contributed by atoms with van der Waals surface area (Å²) in [6.07, 6.45) is -2.66. The van der Waals surface area contributed by atoms with Crippen molar-refractivity contribution in [3.8, 4) is 0 Å². The smallest absolute Gasteiger partial charge is 0.307 e. The molecule has 0 heterocycles. The molecule has 2 atom stereocenters. The summed E-state index contributed by atoms with van der Waals surface area (Å²) in [5, 5.41) is 27.7. The van der Waals surface area contributed by atoms with Gasteiger partial charge in [0, 0.05) is 5.33 Å². The van der Waals surface area contributed by atoms with Gasteiger partial charge in [-0.15, -0.1) is 0 Å². The summed E-state index contributed by atoms with van der Waals surface area (Å²) in [5.41, 5.74) is 0.255. The number of aliphatic hydroxyl groups is 2. The number of aliphatic hydroxyl groups excluding tert-OH is 2. The highest BCUT2D eigenvalue weighted by molar-refractivity contribution is 9.09. The van der Waals surface area contributed by atoms with E-state index in [-0.39, 0.29) is 16.5 Å². The number of halogens is 2. The molecule has 0 aliphatic rings. The van der Waals surface area contributed by atoms with E-state index in [1.165, 1.54) is 12.1 Å². The number of hydrogen-bond donors (Lipinski definition) is 3. The quantitative estimate of drug-likeness (QED) is 0.715. The van der Waals surface area contributed by atoms with E-state index in [1.54, 1.807) is 0 Å². The molecule has 0 aliphatic carbocycles. The van der Waals surface area contributed by atoms with Crippen LogP contribution in [-0.2, 0) is 11.2 Å². The van der Waals surface area contributed by atoms with E-state index in [0.717, 1.165) is 6.07 Å². The van der Waals surface area contributed by atoms with Crippen molar-refractivity contribution in [2.45, 2.75) is 18.6 Å². The van der Waals surface area contributed by atoms with Crippen molar-refractivity contribution in [1.29, 1.82) is 0 Å². The first-order valence-corrected chi connectivity index (χ1v) is 6.00. The Bertz CT molecular complexity index is 410. The van der Waals surface area contributed by atoms with Gasteiger partial charge in [-0.25, -0.2) is 4.39 Å². The summed E-state index contributed by atoms with van der Waals surface area (Å²) in [4.78, 5) is 10.4. The maximum Gasteiger partial charge on any atom is 0.307 e. The molecule has 2 unspecified atom stereocenters. The van der Waals surface area contributed by atoms with Gasteiger partial charge in [0.25, 0.3) is 0 Å². The minimum Gasteiger partial charge on any atom is -0.481 e. The third kappa shape index (κ3) is 3.76. The highest BCUT2D eigenvalue weighted by Gasteiger charge is 2.18. The van der Waals surface area contributed by atoms with Crippen molar-refractivity contribution >= 4 is 21.9 Å². The Labute approximate surface area is 106 Å². The number of rotatable bonds is 5. The molecular weight excluding hydrogens is 295 g/mol. The van der Waals surface area contributed by atoms with Gasteiger partial charge in [0.15, 0.2) is 0 Å². The van der Waals surface area contributed by atoms with Gasteiger partial charge in [0.1, 0.15) is 11.9 Å². The Morgan fingerprint density at radius 2 is 2.06 bits per heavy atom. The molecule has 6 heteroatoms. The second-order valence-corrected chi connectivity index (χ2v) is 4.24. The molecule has 0 aliphatic heterocycles. The standard InChI is InChI=1S/C11H12BrFO4/c12-5-9(14)11(17)7-2-1-6(4-10(15)16)8(13)3-7/h1-3,9,11,14,17H,4-5H2,(H,15,16). The van der Waals surface area contributed by atoms with Crippen LogP contribution in [0.4, 0.5) is 4.39 Å². The lowest BCUT2D eigenvalue weighted by Crippen LogP contribution is -2.19. The Morgan fingerprint density at radius 3 is 2.53 bits per heavy atom. The molecule has 0 fully saturated rings. The van der Waals surface area contributed by atoms with E-state index < -0.39 is 30.4 Å². The summed E-state index contributed by atoms with van der Waals surface area (Å²) in [6.45, 7) is 0. The molecule has 0 bridgehead atoms. The van der Waals surface area contributed by atoms with Crippen LogP contribution < -0.4 is 0 Å². The van der Waals surface area contributed by atoms with Crippen LogP contribution >= 0.6 is 15.9 Å². The molecule has 0 amide bonds. The van der Waals surface area contributed by atoms with Crippen molar-refractivity contribution in [2.75, 3.05) is 5.33 Å². The maximum absolute atomic E-state index is 13.5. The van der Waals surface area contributed by atoms with Gasteiger partial charge in [-0.2, -0.15) is 0 Å². The molecule has 1 aromatic carbocycles. The lowest BCUT2D eigenvalue weighted by atomic mass is 10.0. The fraction of sp³-hybridized carbons (Fsp3) is 0.364. The summed E-state index contributed by atoms with van der Waals surface area (Å²) in [5.74, 6) is -1.83. The minimum atomic E-state index is -1.21. The zero-order chi connectivity index (χ0) is 13.0. The zero-order valence-electron chi connectivity index (χ0n) is 8.81. The Kier molecular flexibility index (Phi) is 5.04. The summed E-state index contributed by atoms with van der Waals surface area (Å²) < 4.78 is 13.5. The normalized spacial score (nSPS) is 14.4. The molecule has 0 spiro atoms. The average Bonchev–Trinajstić information content (AvgIpc) is 2.29. The van der Waals surface area contributed by atoms with Crippen LogP contribution in [0.3, 0.4) is 0 Å². The number of carboxylic acids is 1.